The maximum absolute atomic E-state index is 11.4. The van der Waals surface area contributed by atoms with E-state index in [1.54, 1.807) is 12.1 Å². The van der Waals surface area contributed by atoms with Gasteiger partial charge in [-0.25, -0.2) is 0 Å². The summed E-state index contributed by atoms with van der Waals surface area (Å²) in [5.74, 6) is 0.0598. The van der Waals surface area contributed by atoms with Gasteiger partial charge in [-0.05, 0) is 37.7 Å². The molecular formula is C13H17N3O. The van der Waals surface area contributed by atoms with Crippen molar-refractivity contribution < 1.29 is 4.79 Å². The molecule has 0 aliphatic carbocycles. The van der Waals surface area contributed by atoms with Crippen molar-refractivity contribution >= 4 is 5.91 Å². The maximum atomic E-state index is 11.4. The summed E-state index contributed by atoms with van der Waals surface area (Å²) >= 11 is 0. The first-order chi connectivity index (χ1) is 8.26. The van der Waals surface area contributed by atoms with Crippen LogP contribution in [-0.4, -0.2) is 19.5 Å². The van der Waals surface area contributed by atoms with E-state index in [1.807, 2.05) is 19.2 Å². The number of benzene rings is 1. The van der Waals surface area contributed by atoms with E-state index >= 15 is 0 Å². The van der Waals surface area contributed by atoms with Crippen LogP contribution in [0.2, 0.25) is 0 Å². The predicted molar refractivity (Wildman–Crippen MR) is 66.2 cm³/mol. The van der Waals surface area contributed by atoms with Crippen LogP contribution in [0.4, 0.5) is 0 Å². The highest BCUT2D eigenvalue weighted by Gasteiger charge is 2.00. The molecule has 1 aromatic carbocycles. The molecule has 17 heavy (non-hydrogen) atoms. The highest BCUT2D eigenvalue weighted by Crippen LogP contribution is 2.02. The van der Waals surface area contributed by atoms with Gasteiger partial charge in [-0.2, -0.15) is 5.26 Å². The van der Waals surface area contributed by atoms with Gasteiger partial charge in [-0.1, -0.05) is 12.1 Å². The number of carbonyl (C=O) groups is 1. The van der Waals surface area contributed by atoms with Crippen molar-refractivity contribution in [2.24, 2.45) is 0 Å². The van der Waals surface area contributed by atoms with Crippen LogP contribution in [-0.2, 0) is 11.3 Å². The fourth-order valence-electron chi connectivity index (χ4n) is 1.41. The third-order valence-corrected chi connectivity index (χ3v) is 2.40. The first-order valence-corrected chi connectivity index (χ1v) is 5.66. The summed E-state index contributed by atoms with van der Waals surface area (Å²) in [5.41, 5.74) is 1.64. The van der Waals surface area contributed by atoms with Crippen molar-refractivity contribution in [2.45, 2.75) is 19.4 Å². The zero-order valence-corrected chi connectivity index (χ0v) is 9.99. The van der Waals surface area contributed by atoms with E-state index in [1.165, 1.54) is 0 Å². The molecule has 0 saturated carbocycles. The number of nitriles is 1. The first kappa shape index (κ1) is 13.2. The molecule has 4 heteroatoms. The molecule has 1 aromatic rings. The standard InChI is InChI=1S/C13H17N3O/c1-15-8-2-3-13(17)16-10-12-6-4-11(9-14)5-7-12/h4-7,15H,2-3,8,10H2,1H3,(H,16,17). The molecule has 0 radical (unpaired) electrons. The Morgan fingerprint density at radius 3 is 2.65 bits per heavy atom. The van der Waals surface area contributed by atoms with Gasteiger partial charge in [0, 0.05) is 13.0 Å². The summed E-state index contributed by atoms with van der Waals surface area (Å²) in [6.45, 7) is 1.37. The van der Waals surface area contributed by atoms with Crippen LogP contribution in [0.25, 0.3) is 0 Å². The summed E-state index contributed by atoms with van der Waals surface area (Å²) in [7, 11) is 1.87. The molecule has 0 aromatic heterocycles. The zero-order valence-electron chi connectivity index (χ0n) is 9.99. The Balaban J connectivity index is 2.30. The normalized spacial score (nSPS) is 9.65. The summed E-state index contributed by atoms with van der Waals surface area (Å²) in [6.07, 6.45) is 1.38. The van der Waals surface area contributed by atoms with Gasteiger partial charge in [0.15, 0.2) is 0 Å². The van der Waals surface area contributed by atoms with E-state index < -0.39 is 0 Å². The Morgan fingerprint density at radius 2 is 2.06 bits per heavy atom. The minimum Gasteiger partial charge on any atom is -0.352 e. The molecule has 1 rings (SSSR count). The summed E-state index contributed by atoms with van der Waals surface area (Å²) in [5, 5.41) is 14.5. The number of carbonyl (C=O) groups excluding carboxylic acids is 1. The molecule has 0 heterocycles. The van der Waals surface area contributed by atoms with E-state index in [0.717, 1.165) is 18.5 Å². The molecule has 0 bridgehead atoms. The van der Waals surface area contributed by atoms with Gasteiger partial charge in [-0.3, -0.25) is 4.79 Å². The molecule has 0 fully saturated rings. The number of hydrogen-bond acceptors (Lipinski definition) is 3. The van der Waals surface area contributed by atoms with Crippen molar-refractivity contribution in [1.82, 2.24) is 10.6 Å². The molecule has 4 nitrogen and oxygen atoms in total. The molecule has 2 N–H and O–H groups in total. The Hall–Kier alpha value is -1.86. The lowest BCUT2D eigenvalue weighted by Crippen LogP contribution is -2.23. The third-order valence-electron chi connectivity index (χ3n) is 2.40. The number of nitrogens with zero attached hydrogens (tertiary/aromatic N) is 1. The van der Waals surface area contributed by atoms with Crippen molar-refractivity contribution in [3.05, 3.63) is 35.4 Å². The fourth-order valence-corrected chi connectivity index (χ4v) is 1.41. The zero-order chi connectivity index (χ0) is 12.5. The molecule has 90 valence electrons. The van der Waals surface area contributed by atoms with E-state index in [0.29, 0.717) is 18.5 Å². The van der Waals surface area contributed by atoms with Gasteiger partial charge < -0.3 is 10.6 Å². The van der Waals surface area contributed by atoms with Crippen LogP contribution < -0.4 is 10.6 Å². The number of hydrogen-bond donors (Lipinski definition) is 2. The van der Waals surface area contributed by atoms with Crippen LogP contribution in [0.5, 0.6) is 0 Å². The maximum Gasteiger partial charge on any atom is 0.220 e. The second-order valence-electron chi connectivity index (χ2n) is 3.79. The van der Waals surface area contributed by atoms with E-state index in [-0.39, 0.29) is 5.91 Å². The smallest absolute Gasteiger partial charge is 0.220 e. The second-order valence-corrected chi connectivity index (χ2v) is 3.79. The molecule has 1 amide bonds. The molecular weight excluding hydrogens is 214 g/mol. The van der Waals surface area contributed by atoms with Gasteiger partial charge in [0.1, 0.15) is 0 Å². The predicted octanol–water partition coefficient (Wildman–Crippen LogP) is 1.17. The molecule has 0 saturated heterocycles. The van der Waals surface area contributed by atoms with Crippen molar-refractivity contribution in [3.63, 3.8) is 0 Å². The van der Waals surface area contributed by atoms with E-state index in [9.17, 15) is 4.79 Å². The van der Waals surface area contributed by atoms with Gasteiger partial charge in [0.25, 0.3) is 0 Å². The van der Waals surface area contributed by atoms with Gasteiger partial charge in [0.2, 0.25) is 5.91 Å². The van der Waals surface area contributed by atoms with Gasteiger partial charge >= 0.3 is 0 Å². The van der Waals surface area contributed by atoms with Crippen LogP contribution >= 0.6 is 0 Å². The minimum absolute atomic E-state index is 0.0598. The fraction of sp³-hybridized carbons (Fsp3) is 0.385. The largest absolute Gasteiger partial charge is 0.352 e. The lowest BCUT2D eigenvalue weighted by Gasteiger charge is -2.05. The summed E-state index contributed by atoms with van der Waals surface area (Å²) in [6, 6.07) is 9.27. The van der Waals surface area contributed by atoms with Gasteiger partial charge in [0.05, 0.1) is 11.6 Å². The lowest BCUT2D eigenvalue weighted by atomic mass is 10.1. The molecule has 0 spiro atoms. The lowest BCUT2D eigenvalue weighted by molar-refractivity contribution is -0.121. The first-order valence-electron chi connectivity index (χ1n) is 5.66. The number of nitrogens with one attached hydrogen (secondary N) is 2. The van der Waals surface area contributed by atoms with E-state index in [2.05, 4.69) is 16.7 Å². The number of amides is 1. The molecule has 0 atom stereocenters. The van der Waals surface area contributed by atoms with Crippen LogP contribution in [0.15, 0.2) is 24.3 Å². The monoisotopic (exact) mass is 231 g/mol. The molecule has 0 aliphatic heterocycles. The average Bonchev–Trinajstić information content (AvgIpc) is 2.37. The van der Waals surface area contributed by atoms with Crippen molar-refractivity contribution in [2.75, 3.05) is 13.6 Å². The van der Waals surface area contributed by atoms with Crippen LogP contribution in [0.1, 0.15) is 24.0 Å². The number of rotatable bonds is 6. The van der Waals surface area contributed by atoms with E-state index in [4.69, 9.17) is 5.26 Å². The van der Waals surface area contributed by atoms with Crippen molar-refractivity contribution in [1.29, 1.82) is 5.26 Å². The Labute approximate surface area is 102 Å². The third kappa shape index (κ3) is 5.14. The Kier molecular flexibility index (Phi) is 5.76. The van der Waals surface area contributed by atoms with Gasteiger partial charge in [-0.15, -0.1) is 0 Å². The summed E-state index contributed by atoms with van der Waals surface area (Å²) in [4.78, 5) is 11.4. The SMILES string of the molecule is CNCCCC(=O)NCc1ccc(C#N)cc1. The second kappa shape index (κ2) is 7.42. The molecule has 0 aliphatic rings. The van der Waals surface area contributed by atoms with Crippen LogP contribution in [0, 0.1) is 11.3 Å². The topological polar surface area (TPSA) is 64.9 Å². The minimum atomic E-state index is 0.0598. The van der Waals surface area contributed by atoms with Crippen molar-refractivity contribution in [3.8, 4) is 6.07 Å². The van der Waals surface area contributed by atoms with Crippen LogP contribution in [0.3, 0.4) is 0 Å². The Morgan fingerprint density at radius 1 is 1.35 bits per heavy atom. The summed E-state index contributed by atoms with van der Waals surface area (Å²) < 4.78 is 0. The Bertz CT molecular complexity index is 392. The highest BCUT2D eigenvalue weighted by molar-refractivity contribution is 5.75. The average molecular weight is 231 g/mol. The quantitative estimate of drug-likeness (QED) is 0.722. The molecule has 0 unspecified atom stereocenters. The highest BCUT2D eigenvalue weighted by atomic mass is 16.1.